The molecule has 1 aromatic heterocycles. The summed E-state index contributed by atoms with van der Waals surface area (Å²) >= 11 is 0. The zero-order valence-electron chi connectivity index (χ0n) is 15.2. The molecular formula is C18H23N3O5. The fraction of sp³-hybridized carbons (Fsp3) is 0.500. The normalized spacial score (nSPS) is 16.7. The minimum absolute atomic E-state index is 0.131. The van der Waals surface area contributed by atoms with Crippen molar-refractivity contribution in [2.75, 3.05) is 27.4 Å². The van der Waals surface area contributed by atoms with E-state index in [1.54, 1.807) is 23.6 Å². The highest BCUT2D eigenvalue weighted by molar-refractivity contribution is 5.82. The quantitative estimate of drug-likeness (QED) is 0.826. The smallest absolute Gasteiger partial charge is 0.261 e. The van der Waals surface area contributed by atoms with Crippen molar-refractivity contribution in [1.29, 1.82) is 0 Å². The van der Waals surface area contributed by atoms with E-state index in [1.807, 2.05) is 0 Å². The molecule has 0 saturated carbocycles. The van der Waals surface area contributed by atoms with Gasteiger partial charge in [-0.2, -0.15) is 0 Å². The monoisotopic (exact) mass is 361 g/mol. The lowest BCUT2D eigenvalue weighted by molar-refractivity contribution is -0.130. The second kappa shape index (κ2) is 7.74. The molecule has 8 nitrogen and oxygen atoms in total. The summed E-state index contributed by atoms with van der Waals surface area (Å²) < 4.78 is 17.4. The van der Waals surface area contributed by atoms with Crippen LogP contribution < -0.4 is 20.3 Å². The molecule has 0 radical (unpaired) electrons. The molecule has 2 aromatic rings. The fourth-order valence-corrected chi connectivity index (χ4v) is 3.11. The number of aryl methyl sites for hydroxylation is 1. The Balaban J connectivity index is 1.81. The van der Waals surface area contributed by atoms with Crippen LogP contribution in [0, 0.1) is 6.92 Å². The number of nitrogens with one attached hydrogen (secondary N) is 1. The summed E-state index contributed by atoms with van der Waals surface area (Å²) in [6.07, 6.45) is 1.26. The molecular weight excluding hydrogens is 338 g/mol. The van der Waals surface area contributed by atoms with Crippen molar-refractivity contribution in [2.45, 2.75) is 32.4 Å². The Kier molecular flexibility index (Phi) is 5.41. The van der Waals surface area contributed by atoms with Crippen LogP contribution in [0.25, 0.3) is 10.9 Å². The van der Waals surface area contributed by atoms with Crippen LogP contribution in [0.5, 0.6) is 11.5 Å². The number of amides is 1. The van der Waals surface area contributed by atoms with Gasteiger partial charge in [-0.15, -0.1) is 0 Å². The third-order valence-electron chi connectivity index (χ3n) is 4.51. The Morgan fingerprint density at radius 3 is 2.73 bits per heavy atom. The second-order valence-corrected chi connectivity index (χ2v) is 6.13. The standard InChI is InChI=1S/C18H23N3O5/c1-11-20-13-10-16(25-3)15(24-2)9-12(13)18(23)21(11)7-6-19-17(22)14-5-4-8-26-14/h9-10,14H,4-8H2,1-3H3,(H,19,22). The highest BCUT2D eigenvalue weighted by atomic mass is 16.5. The van der Waals surface area contributed by atoms with Gasteiger partial charge >= 0.3 is 0 Å². The number of carbonyl (C=O) groups excluding carboxylic acids is 1. The van der Waals surface area contributed by atoms with Crippen molar-refractivity contribution in [3.05, 3.63) is 28.3 Å². The molecule has 1 aliphatic heterocycles. The van der Waals surface area contributed by atoms with Crippen molar-refractivity contribution >= 4 is 16.8 Å². The molecule has 1 fully saturated rings. The summed E-state index contributed by atoms with van der Waals surface area (Å²) in [5.41, 5.74) is 0.365. The number of carbonyl (C=O) groups is 1. The fourth-order valence-electron chi connectivity index (χ4n) is 3.11. The summed E-state index contributed by atoms with van der Waals surface area (Å²) in [7, 11) is 3.05. The summed E-state index contributed by atoms with van der Waals surface area (Å²) in [4.78, 5) is 29.3. The number of fused-ring (bicyclic) bond motifs is 1. The molecule has 1 atom stereocenters. The molecule has 1 unspecified atom stereocenters. The molecule has 0 aliphatic carbocycles. The Bertz CT molecular complexity index is 871. The Hall–Kier alpha value is -2.61. The van der Waals surface area contributed by atoms with Crippen LogP contribution >= 0.6 is 0 Å². The Morgan fingerprint density at radius 1 is 1.35 bits per heavy atom. The number of hydrogen-bond donors (Lipinski definition) is 1. The van der Waals surface area contributed by atoms with Crippen LogP contribution in [0.2, 0.25) is 0 Å². The van der Waals surface area contributed by atoms with Gasteiger partial charge in [-0.1, -0.05) is 0 Å². The van der Waals surface area contributed by atoms with Gasteiger partial charge in [0.15, 0.2) is 11.5 Å². The first-order valence-electron chi connectivity index (χ1n) is 8.57. The van der Waals surface area contributed by atoms with E-state index in [0.29, 0.717) is 47.9 Å². The molecule has 1 amide bonds. The van der Waals surface area contributed by atoms with Crippen LogP contribution in [0.4, 0.5) is 0 Å². The van der Waals surface area contributed by atoms with Gasteiger partial charge in [0.05, 0.1) is 25.1 Å². The van der Waals surface area contributed by atoms with Gasteiger partial charge in [0.25, 0.3) is 5.56 Å². The number of nitrogens with zero attached hydrogens (tertiary/aromatic N) is 2. The predicted octanol–water partition coefficient (Wildman–Crippen LogP) is 1.02. The van der Waals surface area contributed by atoms with Gasteiger partial charge in [-0.05, 0) is 25.8 Å². The summed E-state index contributed by atoms with van der Waals surface area (Å²) in [5.74, 6) is 1.43. The highest BCUT2D eigenvalue weighted by Crippen LogP contribution is 2.30. The first-order chi connectivity index (χ1) is 12.5. The Labute approximate surface area is 151 Å². The van der Waals surface area contributed by atoms with E-state index >= 15 is 0 Å². The molecule has 1 aliphatic rings. The average Bonchev–Trinajstić information content (AvgIpc) is 3.18. The minimum atomic E-state index is -0.376. The molecule has 2 heterocycles. The van der Waals surface area contributed by atoms with Gasteiger partial charge in [-0.3, -0.25) is 14.2 Å². The van der Waals surface area contributed by atoms with Crippen molar-refractivity contribution in [3.8, 4) is 11.5 Å². The van der Waals surface area contributed by atoms with E-state index in [9.17, 15) is 9.59 Å². The van der Waals surface area contributed by atoms with E-state index in [1.165, 1.54) is 14.2 Å². The van der Waals surface area contributed by atoms with Crippen LogP contribution in [-0.2, 0) is 16.1 Å². The van der Waals surface area contributed by atoms with Gasteiger partial charge in [0.2, 0.25) is 5.91 Å². The summed E-state index contributed by atoms with van der Waals surface area (Å²) in [5, 5.41) is 3.26. The molecule has 26 heavy (non-hydrogen) atoms. The van der Waals surface area contributed by atoms with E-state index in [4.69, 9.17) is 14.2 Å². The van der Waals surface area contributed by atoms with E-state index in [0.717, 1.165) is 12.8 Å². The lowest BCUT2D eigenvalue weighted by Crippen LogP contribution is -2.37. The van der Waals surface area contributed by atoms with Gasteiger partial charge in [-0.25, -0.2) is 4.98 Å². The van der Waals surface area contributed by atoms with Crippen LogP contribution in [0.15, 0.2) is 16.9 Å². The summed E-state index contributed by atoms with van der Waals surface area (Å²) in [6, 6.07) is 3.32. The van der Waals surface area contributed by atoms with Crippen molar-refractivity contribution < 1.29 is 19.0 Å². The SMILES string of the molecule is COc1cc2nc(C)n(CCNC(=O)C3CCCO3)c(=O)c2cc1OC. The zero-order valence-corrected chi connectivity index (χ0v) is 15.2. The zero-order chi connectivity index (χ0) is 18.7. The average molecular weight is 361 g/mol. The maximum Gasteiger partial charge on any atom is 0.261 e. The lowest BCUT2D eigenvalue weighted by Gasteiger charge is -2.14. The molecule has 1 aromatic carbocycles. The number of benzene rings is 1. The molecule has 1 N–H and O–H groups in total. The van der Waals surface area contributed by atoms with Crippen LogP contribution in [0.3, 0.4) is 0 Å². The highest BCUT2D eigenvalue weighted by Gasteiger charge is 2.23. The van der Waals surface area contributed by atoms with Crippen LogP contribution in [0.1, 0.15) is 18.7 Å². The van der Waals surface area contributed by atoms with E-state index < -0.39 is 0 Å². The molecule has 140 valence electrons. The predicted molar refractivity (Wildman–Crippen MR) is 95.8 cm³/mol. The minimum Gasteiger partial charge on any atom is -0.493 e. The first-order valence-corrected chi connectivity index (χ1v) is 8.57. The number of aromatic nitrogens is 2. The van der Waals surface area contributed by atoms with Gasteiger partial charge in [0.1, 0.15) is 11.9 Å². The third kappa shape index (κ3) is 3.50. The van der Waals surface area contributed by atoms with Gasteiger partial charge < -0.3 is 19.5 Å². The lowest BCUT2D eigenvalue weighted by atomic mass is 10.2. The first kappa shape index (κ1) is 18.2. The van der Waals surface area contributed by atoms with E-state index in [-0.39, 0.29) is 17.6 Å². The van der Waals surface area contributed by atoms with E-state index in [2.05, 4.69) is 10.3 Å². The maximum atomic E-state index is 12.8. The molecule has 8 heteroatoms. The molecule has 3 rings (SSSR count). The maximum absolute atomic E-state index is 12.8. The summed E-state index contributed by atoms with van der Waals surface area (Å²) in [6.45, 7) is 3.05. The molecule has 0 bridgehead atoms. The van der Waals surface area contributed by atoms with Crippen molar-refractivity contribution in [2.24, 2.45) is 0 Å². The number of rotatable bonds is 6. The number of ether oxygens (including phenoxy) is 3. The molecule has 0 spiro atoms. The van der Waals surface area contributed by atoms with Gasteiger partial charge in [0, 0.05) is 25.8 Å². The van der Waals surface area contributed by atoms with Crippen molar-refractivity contribution in [3.63, 3.8) is 0 Å². The topological polar surface area (TPSA) is 91.7 Å². The largest absolute Gasteiger partial charge is 0.493 e. The third-order valence-corrected chi connectivity index (χ3v) is 4.51. The van der Waals surface area contributed by atoms with Crippen molar-refractivity contribution in [1.82, 2.24) is 14.9 Å². The Morgan fingerprint density at radius 2 is 2.08 bits per heavy atom. The second-order valence-electron chi connectivity index (χ2n) is 6.13. The molecule has 1 saturated heterocycles. The number of hydrogen-bond acceptors (Lipinski definition) is 6. The number of methoxy groups -OCH3 is 2. The van der Waals surface area contributed by atoms with Crippen LogP contribution in [-0.4, -0.2) is 48.9 Å².